The number of carbonyl (C=O) groups is 1. The van der Waals surface area contributed by atoms with Gasteiger partial charge in [-0.3, -0.25) is 0 Å². The van der Waals surface area contributed by atoms with Gasteiger partial charge in [0.2, 0.25) is 5.95 Å². The number of hydrogen-bond acceptors (Lipinski definition) is 5. The monoisotopic (exact) mass is 455 g/mol. The van der Waals surface area contributed by atoms with E-state index in [0.717, 1.165) is 18.7 Å². The number of likely N-dealkylation sites (tertiary alicyclic amines) is 1. The lowest BCUT2D eigenvalue weighted by molar-refractivity contribution is -0.0101. The summed E-state index contributed by atoms with van der Waals surface area (Å²) in [6, 6.07) is 5.22. The van der Waals surface area contributed by atoms with E-state index in [0.29, 0.717) is 45.6 Å². The molecule has 3 heterocycles. The van der Waals surface area contributed by atoms with Crippen molar-refractivity contribution >= 4 is 52.7 Å². The molecule has 2 aliphatic rings. The number of halogens is 3. The lowest BCUT2D eigenvalue weighted by Crippen LogP contribution is -2.73. The smallest absolute Gasteiger partial charge is 0.407 e. The Balaban J connectivity index is 1.49. The van der Waals surface area contributed by atoms with Crippen LogP contribution < -0.4 is 10.2 Å². The van der Waals surface area contributed by atoms with Crippen LogP contribution in [0.15, 0.2) is 18.2 Å². The minimum atomic E-state index is -0.867. The molecule has 2 aliphatic heterocycles. The third-order valence-corrected chi connectivity index (χ3v) is 6.46. The minimum Gasteiger partial charge on any atom is -0.465 e. The predicted molar refractivity (Wildman–Crippen MR) is 115 cm³/mol. The lowest BCUT2D eigenvalue weighted by atomic mass is 9.73. The standard InChI is InChI=1S/C19H20Cl3N5O2/c1-10(13-4-3-12(20)5-14(13)21)23-16-15(22)11(2)24-17(25-16)26-6-19(7-26)8-27(9-19)18(28)29/h3-5,10H,6-9H2,1-2H3,(H,28,29)(H,23,24,25). The van der Waals surface area contributed by atoms with E-state index in [9.17, 15) is 4.79 Å². The van der Waals surface area contributed by atoms with Gasteiger partial charge in [-0.2, -0.15) is 4.98 Å². The summed E-state index contributed by atoms with van der Waals surface area (Å²) in [6.45, 7) is 6.39. The van der Waals surface area contributed by atoms with Crippen LogP contribution >= 0.6 is 34.8 Å². The summed E-state index contributed by atoms with van der Waals surface area (Å²) < 4.78 is 0. The third kappa shape index (κ3) is 3.79. The molecule has 0 radical (unpaired) electrons. The molecule has 2 N–H and O–H groups in total. The maximum absolute atomic E-state index is 11.0. The van der Waals surface area contributed by atoms with E-state index < -0.39 is 6.09 Å². The summed E-state index contributed by atoms with van der Waals surface area (Å²) in [5.41, 5.74) is 1.58. The van der Waals surface area contributed by atoms with Gasteiger partial charge in [-0.15, -0.1) is 0 Å². The van der Waals surface area contributed by atoms with Gasteiger partial charge < -0.3 is 20.2 Å². The normalized spacial score (nSPS) is 18.2. The molecule has 2 saturated heterocycles. The lowest BCUT2D eigenvalue weighted by Gasteiger charge is -2.59. The Morgan fingerprint density at radius 1 is 1.21 bits per heavy atom. The summed E-state index contributed by atoms with van der Waals surface area (Å²) in [6.07, 6.45) is -0.867. The van der Waals surface area contributed by atoms with E-state index in [1.165, 1.54) is 4.90 Å². The Labute approximate surface area is 183 Å². The van der Waals surface area contributed by atoms with Crippen LogP contribution in [-0.4, -0.2) is 52.2 Å². The van der Waals surface area contributed by atoms with Gasteiger partial charge in [-0.05, 0) is 31.5 Å². The first-order valence-corrected chi connectivity index (χ1v) is 10.3. The van der Waals surface area contributed by atoms with E-state index in [1.807, 2.05) is 24.8 Å². The number of amides is 1. The van der Waals surface area contributed by atoms with Crippen LogP contribution in [0.3, 0.4) is 0 Å². The molecule has 0 saturated carbocycles. The fraction of sp³-hybridized carbons (Fsp3) is 0.421. The molecule has 7 nitrogen and oxygen atoms in total. The second-order valence-corrected chi connectivity index (χ2v) is 9.02. The summed E-state index contributed by atoms with van der Waals surface area (Å²) in [7, 11) is 0. The molecule has 1 amide bonds. The summed E-state index contributed by atoms with van der Waals surface area (Å²) in [5, 5.41) is 14.0. The van der Waals surface area contributed by atoms with Crippen LogP contribution in [0, 0.1) is 12.3 Å². The summed E-state index contributed by atoms with van der Waals surface area (Å²) in [5.74, 6) is 1.12. The minimum absolute atomic E-state index is 0.0208. The van der Waals surface area contributed by atoms with Gasteiger partial charge in [0.25, 0.3) is 0 Å². The number of nitrogens with zero attached hydrogens (tertiary/aromatic N) is 4. The molecule has 1 aromatic carbocycles. The second kappa shape index (κ2) is 7.38. The molecule has 4 rings (SSSR count). The first-order valence-electron chi connectivity index (χ1n) is 9.16. The Hall–Kier alpha value is -1.96. The quantitative estimate of drug-likeness (QED) is 0.693. The van der Waals surface area contributed by atoms with Crippen LogP contribution in [0.5, 0.6) is 0 Å². The van der Waals surface area contributed by atoms with Crippen molar-refractivity contribution in [3.8, 4) is 0 Å². The van der Waals surface area contributed by atoms with E-state index in [4.69, 9.17) is 39.9 Å². The Kier molecular flexibility index (Phi) is 5.17. The highest BCUT2D eigenvalue weighted by atomic mass is 35.5. The Morgan fingerprint density at radius 2 is 1.90 bits per heavy atom. The molecule has 1 spiro atoms. The summed E-state index contributed by atoms with van der Waals surface area (Å²) in [4.78, 5) is 23.6. The van der Waals surface area contributed by atoms with E-state index in [1.54, 1.807) is 12.1 Å². The maximum Gasteiger partial charge on any atom is 0.407 e. The van der Waals surface area contributed by atoms with Crippen molar-refractivity contribution in [1.82, 2.24) is 14.9 Å². The van der Waals surface area contributed by atoms with Gasteiger partial charge in [0, 0.05) is 41.6 Å². The average Bonchev–Trinajstić information content (AvgIpc) is 2.56. The SMILES string of the molecule is Cc1nc(N2CC3(CN(C(=O)O)C3)C2)nc(NC(C)c2ccc(Cl)cc2Cl)c1Cl. The Morgan fingerprint density at radius 3 is 2.52 bits per heavy atom. The van der Waals surface area contributed by atoms with Gasteiger partial charge in [0.1, 0.15) is 5.02 Å². The number of aryl methyl sites for hydroxylation is 1. The summed E-state index contributed by atoms with van der Waals surface area (Å²) >= 11 is 18.7. The number of rotatable bonds is 4. The van der Waals surface area contributed by atoms with Crippen molar-refractivity contribution in [2.75, 3.05) is 36.4 Å². The predicted octanol–water partition coefficient (Wildman–Crippen LogP) is 4.72. The number of benzene rings is 1. The number of anilines is 2. The van der Waals surface area contributed by atoms with E-state index >= 15 is 0 Å². The molecule has 0 aliphatic carbocycles. The molecule has 2 fully saturated rings. The molecule has 154 valence electrons. The fourth-order valence-corrected chi connectivity index (χ4v) is 4.63. The van der Waals surface area contributed by atoms with E-state index in [2.05, 4.69) is 15.3 Å². The average molecular weight is 457 g/mol. The topological polar surface area (TPSA) is 81.6 Å². The van der Waals surface area contributed by atoms with Crippen molar-refractivity contribution in [3.63, 3.8) is 0 Å². The van der Waals surface area contributed by atoms with Crippen molar-refractivity contribution in [3.05, 3.63) is 44.5 Å². The van der Waals surface area contributed by atoms with Crippen molar-refractivity contribution in [1.29, 1.82) is 0 Å². The molecule has 1 atom stereocenters. The van der Waals surface area contributed by atoms with Crippen molar-refractivity contribution in [2.45, 2.75) is 19.9 Å². The molecule has 1 aromatic heterocycles. The molecular weight excluding hydrogens is 437 g/mol. The van der Waals surface area contributed by atoms with Crippen LogP contribution in [0.1, 0.15) is 24.2 Å². The number of carboxylic acid groups (broad SMARTS) is 1. The maximum atomic E-state index is 11.0. The first kappa shape index (κ1) is 20.3. The molecule has 1 unspecified atom stereocenters. The van der Waals surface area contributed by atoms with Crippen LogP contribution in [0.4, 0.5) is 16.6 Å². The van der Waals surface area contributed by atoms with Crippen LogP contribution in [0.25, 0.3) is 0 Å². The van der Waals surface area contributed by atoms with Crippen molar-refractivity contribution in [2.24, 2.45) is 5.41 Å². The number of hydrogen-bond donors (Lipinski definition) is 2. The fourth-order valence-electron chi connectivity index (χ4n) is 3.92. The Bertz CT molecular complexity index is 973. The highest BCUT2D eigenvalue weighted by molar-refractivity contribution is 6.35. The molecule has 29 heavy (non-hydrogen) atoms. The van der Waals surface area contributed by atoms with Crippen LogP contribution in [0.2, 0.25) is 15.1 Å². The number of nitrogens with one attached hydrogen (secondary N) is 1. The first-order chi connectivity index (χ1) is 13.7. The second-order valence-electron chi connectivity index (χ2n) is 7.80. The number of aromatic nitrogens is 2. The van der Waals surface area contributed by atoms with Crippen LogP contribution in [-0.2, 0) is 0 Å². The van der Waals surface area contributed by atoms with Gasteiger partial charge in [-0.1, -0.05) is 40.9 Å². The van der Waals surface area contributed by atoms with Gasteiger partial charge >= 0.3 is 6.09 Å². The van der Waals surface area contributed by atoms with Gasteiger partial charge in [0.05, 0.1) is 11.7 Å². The van der Waals surface area contributed by atoms with Crippen molar-refractivity contribution < 1.29 is 9.90 Å². The highest BCUT2D eigenvalue weighted by Gasteiger charge is 2.54. The molecule has 10 heteroatoms. The van der Waals surface area contributed by atoms with Gasteiger partial charge in [0.15, 0.2) is 5.82 Å². The zero-order valence-electron chi connectivity index (χ0n) is 15.9. The molecule has 2 aromatic rings. The third-order valence-electron chi connectivity index (χ3n) is 5.45. The largest absolute Gasteiger partial charge is 0.465 e. The molecule has 0 bridgehead atoms. The highest BCUT2D eigenvalue weighted by Crippen LogP contribution is 2.42. The zero-order valence-corrected chi connectivity index (χ0v) is 18.2. The van der Waals surface area contributed by atoms with Gasteiger partial charge in [-0.25, -0.2) is 9.78 Å². The molecular formula is C19H20Cl3N5O2. The van der Waals surface area contributed by atoms with E-state index in [-0.39, 0.29) is 11.5 Å². The zero-order chi connectivity index (χ0) is 20.9.